The van der Waals surface area contributed by atoms with Gasteiger partial charge in [0.15, 0.2) is 0 Å². The molecule has 1 N–H and O–H groups in total. The van der Waals surface area contributed by atoms with Crippen molar-refractivity contribution in [1.82, 2.24) is 4.98 Å². The van der Waals surface area contributed by atoms with E-state index in [0.29, 0.717) is 6.61 Å². The van der Waals surface area contributed by atoms with Gasteiger partial charge in [-0.25, -0.2) is 0 Å². The summed E-state index contributed by atoms with van der Waals surface area (Å²) in [4.78, 5) is 4.53. The lowest BCUT2D eigenvalue weighted by molar-refractivity contribution is 0.0265. The number of hydrogen-bond acceptors (Lipinski definition) is 4. The molecule has 0 amide bonds. The number of methoxy groups -OCH3 is 1. The van der Waals surface area contributed by atoms with Gasteiger partial charge in [-0.3, -0.25) is 4.98 Å². The third-order valence-electron chi connectivity index (χ3n) is 4.41. The lowest BCUT2D eigenvalue weighted by atomic mass is 9.77. The minimum Gasteiger partial charge on any atom is -0.496 e. The molecule has 2 atom stereocenters. The highest BCUT2D eigenvalue weighted by atomic mass is 16.5. The number of aryl methyl sites for hydroxylation is 1. The second-order valence-electron chi connectivity index (χ2n) is 5.51. The molecule has 0 bridgehead atoms. The topological polar surface area (TPSA) is 51.6 Å². The van der Waals surface area contributed by atoms with E-state index in [1.165, 1.54) is 0 Å². The summed E-state index contributed by atoms with van der Waals surface area (Å²) < 4.78 is 11.1. The first kappa shape index (κ1) is 14.3. The summed E-state index contributed by atoms with van der Waals surface area (Å²) in [5, 5.41) is 9.78. The highest BCUT2D eigenvalue weighted by Crippen LogP contribution is 2.39. The van der Waals surface area contributed by atoms with Crippen LogP contribution in [0.4, 0.5) is 0 Å². The second-order valence-corrected chi connectivity index (χ2v) is 5.51. The molecule has 19 heavy (non-hydrogen) atoms. The molecule has 2 heterocycles. The van der Waals surface area contributed by atoms with E-state index in [1.54, 1.807) is 7.11 Å². The standard InChI is InChI=1S/C15H23NO3/c1-10-8-16-13(11(2)14(10)18-4)7-15(9-17)5-6-19-12(15)3/h8,12,17H,5-7,9H2,1-4H3. The third kappa shape index (κ3) is 2.47. The fraction of sp³-hybridized carbons (Fsp3) is 0.667. The van der Waals surface area contributed by atoms with Crippen LogP contribution >= 0.6 is 0 Å². The van der Waals surface area contributed by atoms with Gasteiger partial charge in [0.05, 0.1) is 19.8 Å². The van der Waals surface area contributed by atoms with Gasteiger partial charge in [-0.05, 0) is 27.2 Å². The molecular formula is C15H23NO3. The number of nitrogens with zero attached hydrogens (tertiary/aromatic N) is 1. The summed E-state index contributed by atoms with van der Waals surface area (Å²) in [6.45, 7) is 6.89. The molecule has 1 aromatic rings. The quantitative estimate of drug-likeness (QED) is 0.905. The average Bonchev–Trinajstić information content (AvgIpc) is 2.76. The molecule has 2 rings (SSSR count). The van der Waals surface area contributed by atoms with Gasteiger partial charge in [-0.1, -0.05) is 0 Å². The van der Waals surface area contributed by atoms with Crippen molar-refractivity contribution in [3.8, 4) is 5.75 Å². The zero-order valence-corrected chi connectivity index (χ0v) is 12.2. The van der Waals surface area contributed by atoms with Crippen LogP contribution < -0.4 is 4.74 Å². The summed E-state index contributed by atoms with van der Waals surface area (Å²) in [6.07, 6.45) is 3.51. The molecule has 106 valence electrons. The Balaban J connectivity index is 2.33. The van der Waals surface area contributed by atoms with Crippen molar-refractivity contribution in [3.63, 3.8) is 0 Å². The van der Waals surface area contributed by atoms with Crippen LogP contribution in [0, 0.1) is 19.3 Å². The zero-order chi connectivity index (χ0) is 14.0. The molecule has 1 saturated heterocycles. The van der Waals surface area contributed by atoms with E-state index in [-0.39, 0.29) is 18.1 Å². The summed E-state index contributed by atoms with van der Waals surface area (Å²) in [5.41, 5.74) is 2.89. The number of aliphatic hydroxyl groups is 1. The fourth-order valence-corrected chi connectivity index (χ4v) is 2.90. The Morgan fingerprint density at radius 2 is 2.26 bits per heavy atom. The molecule has 2 unspecified atom stereocenters. The maximum absolute atomic E-state index is 9.78. The van der Waals surface area contributed by atoms with E-state index >= 15 is 0 Å². The summed E-state index contributed by atoms with van der Waals surface area (Å²) in [6, 6.07) is 0. The van der Waals surface area contributed by atoms with E-state index in [0.717, 1.165) is 35.4 Å². The van der Waals surface area contributed by atoms with Crippen LogP contribution in [0.1, 0.15) is 30.2 Å². The van der Waals surface area contributed by atoms with Gasteiger partial charge in [0.1, 0.15) is 5.75 Å². The lowest BCUT2D eigenvalue weighted by Gasteiger charge is -2.30. The van der Waals surface area contributed by atoms with Crippen molar-refractivity contribution >= 4 is 0 Å². The largest absolute Gasteiger partial charge is 0.496 e. The van der Waals surface area contributed by atoms with Crippen molar-refractivity contribution in [2.75, 3.05) is 20.3 Å². The number of aliphatic hydroxyl groups excluding tert-OH is 1. The third-order valence-corrected chi connectivity index (χ3v) is 4.41. The Morgan fingerprint density at radius 3 is 2.79 bits per heavy atom. The van der Waals surface area contributed by atoms with Gasteiger partial charge in [0, 0.05) is 41.5 Å². The SMILES string of the molecule is COc1c(C)cnc(CC2(CO)CCOC2C)c1C. The Hall–Kier alpha value is -1.13. The van der Waals surface area contributed by atoms with Crippen molar-refractivity contribution in [2.45, 2.75) is 39.7 Å². The van der Waals surface area contributed by atoms with Gasteiger partial charge in [0.2, 0.25) is 0 Å². The van der Waals surface area contributed by atoms with E-state index in [4.69, 9.17) is 9.47 Å². The molecule has 1 fully saturated rings. The molecule has 0 aliphatic carbocycles. The predicted molar refractivity (Wildman–Crippen MR) is 73.5 cm³/mol. The molecule has 4 nitrogen and oxygen atoms in total. The van der Waals surface area contributed by atoms with Crippen molar-refractivity contribution in [3.05, 3.63) is 23.0 Å². The highest BCUT2D eigenvalue weighted by molar-refractivity contribution is 5.41. The number of rotatable bonds is 4. The van der Waals surface area contributed by atoms with Crippen LogP contribution in [0.3, 0.4) is 0 Å². The van der Waals surface area contributed by atoms with Gasteiger partial charge in [0.25, 0.3) is 0 Å². The summed E-state index contributed by atoms with van der Waals surface area (Å²) in [5.74, 6) is 0.893. The van der Waals surface area contributed by atoms with Gasteiger partial charge in [-0.15, -0.1) is 0 Å². The Kier molecular flexibility index (Phi) is 4.11. The van der Waals surface area contributed by atoms with Crippen LogP contribution in [0.2, 0.25) is 0 Å². The number of hydrogen-bond donors (Lipinski definition) is 1. The van der Waals surface area contributed by atoms with Gasteiger partial charge in [-0.2, -0.15) is 0 Å². The summed E-state index contributed by atoms with van der Waals surface area (Å²) in [7, 11) is 1.68. The monoisotopic (exact) mass is 265 g/mol. The minimum atomic E-state index is -0.210. The molecule has 1 aromatic heterocycles. The minimum absolute atomic E-state index is 0.0611. The highest BCUT2D eigenvalue weighted by Gasteiger charge is 2.41. The average molecular weight is 265 g/mol. The second kappa shape index (κ2) is 5.47. The first-order valence-corrected chi connectivity index (χ1v) is 6.75. The first-order chi connectivity index (χ1) is 9.04. The molecule has 0 radical (unpaired) electrons. The van der Waals surface area contributed by atoms with E-state index in [9.17, 15) is 5.11 Å². The maximum atomic E-state index is 9.78. The Bertz CT molecular complexity index is 461. The lowest BCUT2D eigenvalue weighted by Crippen LogP contribution is -2.35. The molecule has 1 aliphatic rings. The van der Waals surface area contributed by atoms with Crippen LogP contribution in [0.25, 0.3) is 0 Å². The van der Waals surface area contributed by atoms with E-state index in [2.05, 4.69) is 4.98 Å². The summed E-state index contributed by atoms with van der Waals surface area (Å²) >= 11 is 0. The number of aromatic nitrogens is 1. The Labute approximate surface area is 114 Å². The van der Waals surface area contributed by atoms with Crippen molar-refractivity contribution in [1.29, 1.82) is 0 Å². The van der Waals surface area contributed by atoms with Crippen LogP contribution in [-0.4, -0.2) is 36.5 Å². The molecule has 0 saturated carbocycles. The predicted octanol–water partition coefficient (Wildman–Crippen LogP) is 2.04. The van der Waals surface area contributed by atoms with E-state index < -0.39 is 0 Å². The smallest absolute Gasteiger partial charge is 0.128 e. The van der Waals surface area contributed by atoms with E-state index in [1.807, 2.05) is 27.0 Å². The molecule has 0 spiro atoms. The van der Waals surface area contributed by atoms with Crippen molar-refractivity contribution < 1.29 is 14.6 Å². The van der Waals surface area contributed by atoms with Gasteiger partial charge >= 0.3 is 0 Å². The molecule has 0 aromatic carbocycles. The van der Waals surface area contributed by atoms with Gasteiger partial charge < -0.3 is 14.6 Å². The van der Waals surface area contributed by atoms with Crippen LogP contribution in [0.5, 0.6) is 5.75 Å². The fourth-order valence-electron chi connectivity index (χ4n) is 2.90. The number of ether oxygens (including phenoxy) is 2. The molecule has 1 aliphatic heterocycles. The maximum Gasteiger partial charge on any atom is 0.128 e. The Morgan fingerprint density at radius 1 is 1.53 bits per heavy atom. The molecular weight excluding hydrogens is 242 g/mol. The van der Waals surface area contributed by atoms with Crippen LogP contribution in [-0.2, 0) is 11.2 Å². The molecule has 4 heteroatoms. The van der Waals surface area contributed by atoms with Crippen molar-refractivity contribution in [2.24, 2.45) is 5.41 Å². The van der Waals surface area contributed by atoms with Crippen LogP contribution in [0.15, 0.2) is 6.20 Å². The number of pyridine rings is 1. The first-order valence-electron chi connectivity index (χ1n) is 6.75. The zero-order valence-electron chi connectivity index (χ0n) is 12.2. The normalized spacial score (nSPS) is 26.7.